The number of amides is 1. The highest BCUT2D eigenvalue weighted by molar-refractivity contribution is 6.03. The van der Waals surface area contributed by atoms with Gasteiger partial charge in [0, 0.05) is 11.8 Å². The molecular formula is C15H14N2O3. The Bertz CT molecular complexity index is 619. The lowest BCUT2D eigenvalue weighted by Crippen LogP contribution is -2.13. The molecule has 0 spiro atoms. The van der Waals surface area contributed by atoms with Crippen LogP contribution in [0, 0.1) is 6.92 Å². The number of anilines is 1. The van der Waals surface area contributed by atoms with Crippen LogP contribution in [0.25, 0.3) is 0 Å². The van der Waals surface area contributed by atoms with Gasteiger partial charge in [0.15, 0.2) is 0 Å². The first-order chi connectivity index (χ1) is 9.60. The molecule has 0 saturated heterocycles. The molecule has 0 unspecified atom stereocenters. The van der Waals surface area contributed by atoms with Crippen LogP contribution in [0.4, 0.5) is 5.82 Å². The second kappa shape index (κ2) is 5.97. The van der Waals surface area contributed by atoms with Crippen LogP contribution in [0.3, 0.4) is 0 Å². The average Bonchev–Trinajstić information content (AvgIpc) is 2.48. The number of esters is 1. The highest BCUT2D eigenvalue weighted by atomic mass is 16.5. The van der Waals surface area contributed by atoms with E-state index in [2.05, 4.69) is 15.0 Å². The first-order valence-electron chi connectivity index (χ1n) is 6.02. The molecule has 1 amide bonds. The Morgan fingerprint density at radius 1 is 1.05 bits per heavy atom. The fourth-order valence-corrected chi connectivity index (χ4v) is 1.60. The number of nitrogens with zero attached hydrogens (tertiary/aromatic N) is 1. The number of hydrogen-bond acceptors (Lipinski definition) is 4. The van der Waals surface area contributed by atoms with Gasteiger partial charge < -0.3 is 10.1 Å². The second-order valence-electron chi connectivity index (χ2n) is 4.24. The highest BCUT2D eigenvalue weighted by Gasteiger charge is 2.08. The van der Waals surface area contributed by atoms with E-state index in [0.717, 1.165) is 5.56 Å². The van der Waals surface area contributed by atoms with Crippen molar-refractivity contribution in [1.29, 1.82) is 0 Å². The van der Waals surface area contributed by atoms with Gasteiger partial charge in [0.05, 0.1) is 12.7 Å². The lowest BCUT2D eigenvalue weighted by Gasteiger charge is -2.05. The summed E-state index contributed by atoms with van der Waals surface area (Å²) in [6, 6.07) is 10.3. The van der Waals surface area contributed by atoms with Crippen molar-refractivity contribution in [2.45, 2.75) is 6.92 Å². The summed E-state index contributed by atoms with van der Waals surface area (Å²) in [5, 5.41) is 2.66. The molecule has 0 radical (unpaired) electrons. The van der Waals surface area contributed by atoms with E-state index in [1.54, 1.807) is 24.3 Å². The minimum absolute atomic E-state index is 0.247. The molecular weight excluding hydrogens is 256 g/mol. The van der Waals surface area contributed by atoms with Gasteiger partial charge in [-0.1, -0.05) is 17.7 Å². The number of pyridine rings is 1. The summed E-state index contributed by atoms with van der Waals surface area (Å²) in [6.45, 7) is 1.95. The zero-order chi connectivity index (χ0) is 14.5. The number of aryl methyl sites for hydroxylation is 1. The SMILES string of the molecule is COC(=O)c1ccc(NC(=O)c2ccc(C)cc2)nc1. The van der Waals surface area contributed by atoms with Gasteiger partial charge in [-0.05, 0) is 31.2 Å². The van der Waals surface area contributed by atoms with Crippen LogP contribution in [-0.4, -0.2) is 24.0 Å². The topological polar surface area (TPSA) is 68.3 Å². The van der Waals surface area contributed by atoms with Gasteiger partial charge in [-0.2, -0.15) is 0 Å². The molecule has 5 nitrogen and oxygen atoms in total. The van der Waals surface area contributed by atoms with Crippen LogP contribution in [0.1, 0.15) is 26.3 Å². The van der Waals surface area contributed by atoms with Crippen LogP contribution in [0.2, 0.25) is 0 Å². The molecule has 2 rings (SSSR count). The Labute approximate surface area is 116 Å². The van der Waals surface area contributed by atoms with Crippen molar-refractivity contribution in [2.75, 3.05) is 12.4 Å². The first-order valence-corrected chi connectivity index (χ1v) is 6.02. The number of hydrogen-bond donors (Lipinski definition) is 1. The number of benzene rings is 1. The van der Waals surface area contributed by atoms with E-state index in [1.165, 1.54) is 13.3 Å². The minimum Gasteiger partial charge on any atom is -0.465 e. The molecule has 0 saturated carbocycles. The summed E-state index contributed by atoms with van der Waals surface area (Å²) >= 11 is 0. The Hall–Kier alpha value is -2.69. The smallest absolute Gasteiger partial charge is 0.339 e. The molecule has 2 aromatic rings. The van der Waals surface area contributed by atoms with Crippen molar-refractivity contribution in [3.05, 3.63) is 59.3 Å². The van der Waals surface area contributed by atoms with Crippen LogP contribution in [0.5, 0.6) is 0 Å². The van der Waals surface area contributed by atoms with E-state index in [9.17, 15) is 9.59 Å². The fourth-order valence-electron chi connectivity index (χ4n) is 1.60. The van der Waals surface area contributed by atoms with Gasteiger partial charge >= 0.3 is 5.97 Å². The largest absolute Gasteiger partial charge is 0.465 e. The van der Waals surface area contributed by atoms with Crippen molar-refractivity contribution >= 4 is 17.7 Å². The molecule has 0 aliphatic carbocycles. The van der Waals surface area contributed by atoms with E-state index in [-0.39, 0.29) is 5.91 Å². The van der Waals surface area contributed by atoms with Crippen LogP contribution in [0.15, 0.2) is 42.6 Å². The molecule has 1 aromatic heterocycles. The van der Waals surface area contributed by atoms with Gasteiger partial charge in [-0.25, -0.2) is 9.78 Å². The Balaban J connectivity index is 2.08. The number of nitrogens with one attached hydrogen (secondary N) is 1. The van der Waals surface area contributed by atoms with E-state index < -0.39 is 5.97 Å². The third-order valence-electron chi connectivity index (χ3n) is 2.74. The predicted molar refractivity (Wildman–Crippen MR) is 74.7 cm³/mol. The standard InChI is InChI=1S/C15H14N2O3/c1-10-3-5-11(6-4-10)14(18)17-13-8-7-12(9-16-13)15(19)20-2/h3-9H,1-2H3,(H,16,17,18). The summed E-state index contributed by atoms with van der Waals surface area (Å²) in [6.07, 6.45) is 1.36. The van der Waals surface area contributed by atoms with Gasteiger partial charge in [-0.15, -0.1) is 0 Å². The molecule has 1 aromatic carbocycles. The zero-order valence-electron chi connectivity index (χ0n) is 11.2. The van der Waals surface area contributed by atoms with Crippen LogP contribution in [-0.2, 0) is 4.74 Å². The quantitative estimate of drug-likeness (QED) is 0.870. The molecule has 0 atom stereocenters. The fraction of sp³-hybridized carbons (Fsp3) is 0.133. The summed E-state index contributed by atoms with van der Waals surface area (Å²) in [4.78, 5) is 27.2. The molecule has 0 bridgehead atoms. The maximum Gasteiger partial charge on any atom is 0.339 e. The number of methoxy groups -OCH3 is 1. The molecule has 0 fully saturated rings. The normalized spacial score (nSPS) is 9.90. The summed E-state index contributed by atoms with van der Waals surface area (Å²) < 4.78 is 4.57. The third kappa shape index (κ3) is 3.20. The molecule has 0 aliphatic heterocycles. The van der Waals surface area contributed by atoms with Gasteiger partial charge in [0.2, 0.25) is 0 Å². The lowest BCUT2D eigenvalue weighted by molar-refractivity contribution is 0.0600. The van der Waals surface area contributed by atoms with E-state index in [1.807, 2.05) is 19.1 Å². The summed E-state index contributed by atoms with van der Waals surface area (Å²) in [7, 11) is 1.30. The maximum atomic E-state index is 12.0. The molecule has 20 heavy (non-hydrogen) atoms. The Morgan fingerprint density at radius 2 is 1.70 bits per heavy atom. The molecule has 5 heteroatoms. The van der Waals surface area contributed by atoms with Crippen molar-refractivity contribution in [3.63, 3.8) is 0 Å². The molecule has 1 heterocycles. The van der Waals surface area contributed by atoms with Crippen molar-refractivity contribution in [3.8, 4) is 0 Å². The highest BCUT2D eigenvalue weighted by Crippen LogP contribution is 2.09. The zero-order valence-corrected chi connectivity index (χ0v) is 11.2. The third-order valence-corrected chi connectivity index (χ3v) is 2.74. The Kier molecular flexibility index (Phi) is 4.10. The van der Waals surface area contributed by atoms with E-state index in [4.69, 9.17) is 0 Å². The number of carbonyl (C=O) groups is 2. The summed E-state index contributed by atoms with van der Waals surface area (Å²) in [5.41, 5.74) is 1.97. The average molecular weight is 270 g/mol. The predicted octanol–water partition coefficient (Wildman–Crippen LogP) is 2.43. The van der Waals surface area contributed by atoms with Crippen molar-refractivity contribution < 1.29 is 14.3 Å². The number of carbonyl (C=O) groups excluding carboxylic acids is 2. The first kappa shape index (κ1) is 13.7. The molecule has 102 valence electrons. The van der Waals surface area contributed by atoms with Gasteiger partial charge in [-0.3, -0.25) is 4.79 Å². The van der Waals surface area contributed by atoms with Crippen LogP contribution < -0.4 is 5.32 Å². The van der Waals surface area contributed by atoms with Gasteiger partial charge in [0.25, 0.3) is 5.91 Å². The van der Waals surface area contributed by atoms with Crippen molar-refractivity contribution in [2.24, 2.45) is 0 Å². The molecule has 1 N–H and O–H groups in total. The Morgan fingerprint density at radius 3 is 2.25 bits per heavy atom. The minimum atomic E-state index is -0.464. The van der Waals surface area contributed by atoms with Crippen LogP contribution >= 0.6 is 0 Å². The summed E-state index contributed by atoms with van der Waals surface area (Å²) in [5.74, 6) is -0.333. The van der Waals surface area contributed by atoms with E-state index >= 15 is 0 Å². The lowest BCUT2D eigenvalue weighted by atomic mass is 10.1. The van der Waals surface area contributed by atoms with Crippen molar-refractivity contribution in [1.82, 2.24) is 4.98 Å². The monoisotopic (exact) mass is 270 g/mol. The second-order valence-corrected chi connectivity index (χ2v) is 4.24. The number of ether oxygens (including phenoxy) is 1. The van der Waals surface area contributed by atoms with Gasteiger partial charge in [0.1, 0.15) is 5.82 Å². The number of aromatic nitrogens is 1. The molecule has 0 aliphatic rings. The number of rotatable bonds is 3. The van der Waals surface area contributed by atoms with E-state index in [0.29, 0.717) is 16.9 Å². The maximum absolute atomic E-state index is 12.0.